The maximum Gasteiger partial charge on any atom is 0.277 e. The van der Waals surface area contributed by atoms with E-state index in [1.54, 1.807) is 13.3 Å². The lowest BCUT2D eigenvalue weighted by Gasteiger charge is -2.11. The average Bonchev–Trinajstić information content (AvgIpc) is 2.83. The van der Waals surface area contributed by atoms with Gasteiger partial charge in [-0.25, -0.2) is 5.43 Å². The van der Waals surface area contributed by atoms with E-state index in [1.165, 1.54) is 12.8 Å². The molecule has 0 saturated carbocycles. The summed E-state index contributed by atoms with van der Waals surface area (Å²) < 4.78 is 16.8. The number of benzene rings is 3. The summed E-state index contributed by atoms with van der Waals surface area (Å²) in [5, 5.41) is 6.19. The Labute approximate surface area is 189 Å². The molecule has 0 aromatic heterocycles. The highest BCUT2D eigenvalue weighted by molar-refractivity contribution is 5.85. The Morgan fingerprint density at radius 1 is 0.938 bits per heavy atom. The molecule has 0 heterocycles. The number of carbonyl (C=O) groups is 1. The second-order valence-corrected chi connectivity index (χ2v) is 7.41. The van der Waals surface area contributed by atoms with Crippen LogP contribution < -0.4 is 19.6 Å². The van der Waals surface area contributed by atoms with Gasteiger partial charge in [0.05, 0.1) is 19.9 Å². The topological polar surface area (TPSA) is 69.2 Å². The summed E-state index contributed by atoms with van der Waals surface area (Å²) in [6.45, 7) is 2.73. The van der Waals surface area contributed by atoms with Crippen molar-refractivity contribution in [2.75, 3.05) is 20.3 Å². The van der Waals surface area contributed by atoms with E-state index >= 15 is 0 Å². The third kappa shape index (κ3) is 7.01. The second kappa shape index (κ2) is 12.3. The fraction of sp³-hybridized carbons (Fsp3) is 0.308. The number of unbranched alkanes of at least 4 members (excludes halogenated alkanes) is 3. The van der Waals surface area contributed by atoms with Crippen molar-refractivity contribution in [1.82, 2.24) is 5.43 Å². The maximum atomic E-state index is 12.0. The van der Waals surface area contributed by atoms with Crippen LogP contribution in [0, 0.1) is 0 Å². The van der Waals surface area contributed by atoms with Crippen LogP contribution in [0.4, 0.5) is 0 Å². The number of methoxy groups -OCH3 is 1. The smallest absolute Gasteiger partial charge is 0.277 e. The zero-order chi connectivity index (χ0) is 22.6. The van der Waals surface area contributed by atoms with Gasteiger partial charge in [-0.05, 0) is 53.1 Å². The van der Waals surface area contributed by atoms with Crippen molar-refractivity contribution in [1.29, 1.82) is 0 Å². The molecule has 3 rings (SSSR count). The van der Waals surface area contributed by atoms with Gasteiger partial charge in [-0.3, -0.25) is 4.79 Å². The highest BCUT2D eigenvalue weighted by atomic mass is 16.5. The van der Waals surface area contributed by atoms with E-state index in [9.17, 15) is 4.79 Å². The molecular weight excluding hydrogens is 404 g/mol. The lowest BCUT2D eigenvalue weighted by Crippen LogP contribution is -2.24. The molecule has 168 valence electrons. The molecule has 1 N–H and O–H groups in total. The molecule has 0 aliphatic rings. The van der Waals surface area contributed by atoms with Crippen LogP contribution in [-0.2, 0) is 4.79 Å². The van der Waals surface area contributed by atoms with Gasteiger partial charge in [0.15, 0.2) is 18.1 Å². The molecule has 3 aromatic rings. The third-order valence-corrected chi connectivity index (χ3v) is 4.94. The van der Waals surface area contributed by atoms with E-state index in [-0.39, 0.29) is 12.5 Å². The predicted octanol–water partition coefficient (Wildman–Crippen LogP) is 5.34. The van der Waals surface area contributed by atoms with Crippen LogP contribution in [-0.4, -0.2) is 32.4 Å². The Morgan fingerprint density at radius 3 is 2.59 bits per heavy atom. The number of hydrazone groups is 1. The number of nitrogens with zero attached hydrogens (tertiary/aromatic N) is 1. The van der Waals surface area contributed by atoms with E-state index in [2.05, 4.69) is 17.5 Å². The molecule has 0 fully saturated rings. The first-order chi connectivity index (χ1) is 15.7. The molecule has 3 aromatic carbocycles. The zero-order valence-corrected chi connectivity index (χ0v) is 18.7. The number of hydrogen-bond donors (Lipinski definition) is 1. The van der Waals surface area contributed by atoms with E-state index in [0.717, 1.165) is 29.2 Å². The molecule has 6 heteroatoms. The maximum absolute atomic E-state index is 12.0. The van der Waals surface area contributed by atoms with Crippen LogP contribution in [0.2, 0.25) is 0 Å². The summed E-state index contributed by atoms with van der Waals surface area (Å²) in [5.74, 6) is 1.63. The van der Waals surface area contributed by atoms with E-state index in [4.69, 9.17) is 14.2 Å². The fourth-order valence-electron chi connectivity index (χ4n) is 3.21. The Hall–Kier alpha value is -3.54. The highest BCUT2D eigenvalue weighted by Crippen LogP contribution is 2.28. The van der Waals surface area contributed by atoms with Crippen molar-refractivity contribution in [3.63, 3.8) is 0 Å². The van der Waals surface area contributed by atoms with Crippen molar-refractivity contribution < 1.29 is 19.0 Å². The summed E-state index contributed by atoms with van der Waals surface area (Å²) in [4.78, 5) is 12.0. The van der Waals surface area contributed by atoms with Gasteiger partial charge in [-0.1, -0.05) is 56.5 Å². The van der Waals surface area contributed by atoms with Crippen molar-refractivity contribution in [2.45, 2.75) is 32.6 Å². The predicted molar refractivity (Wildman–Crippen MR) is 128 cm³/mol. The SMILES string of the molecule is CCCCCCOc1ccc(/C=N/NC(=O)COc2ccc3ccccc3c2)cc1OC. The second-order valence-electron chi connectivity index (χ2n) is 7.41. The molecular formula is C26H30N2O4. The van der Waals surface area contributed by atoms with Crippen molar-refractivity contribution in [3.05, 3.63) is 66.2 Å². The summed E-state index contributed by atoms with van der Waals surface area (Å²) >= 11 is 0. The number of rotatable bonds is 12. The van der Waals surface area contributed by atoms with Crippen molar-refractivity contribution in [3.8, 4) is 17.2 Å². The minimum atomic E-state index is -0.339. The lowest BCUT2D eigenvalue weighted by atomic mass is 10.1. The molecule has 0 aliphatic carbocycles. The number of amides is 1. The Balaban J connectivity index is 1.47. The Bertz CT molecular complexity index is 1050. The van der Waals surface area contributed by atoms with Gasteiger partial charge in [-0.15, -0.1) is 0 Å². The zero-order valence-electron chi connectivity index (χ0n) is 18.7. The monoisotopic (exact) mass is 434 g/mol. The van der Waals surface area contributed by atoms with Gasteiger partial charge >= 0.3 is 0 Å². The van der Waals surface area contributed by atoms with Crippen molar-refractivity contribution >= 4 is 22.9 Å². The van der Waals surface area contributed by atoms with Crippen LogP contribution in [0.15, 0.2) is 65.8 Å². The first kappa shape index (κ1) is 23.1. The normalized spacial score (nSPS) is 10.9. The van der Waals surface area contributed by atoms with Gasteiger partial charge in [0, 0.05) is 0 Å². The molecule has 0 radical (unpaired) electrons. The standard InChI is InChI=1S/C26H30N2O4/c1-3-4-5-8-15-31-24-14-11-20(16-25(24)30-2)18-27-28-26(29)19-32-23-13-12-21-9-6-7-10-22(21)17-23/h6-7,9-14,16-18H,3-5,8,15,19H2,1-2H3,(H,28,29)/b27-18+. The molecule has 0 unspecified atom stereocenters. The molecule has 6 nitrogen and oxygen atoms in total. The number of nitrogens with one attached hydrogen (secondary N) is 1. The van der Waals surface area contributed by atoms with Gasteiger partial charge in [0.1, 0.15) is 5.75 Å². The van der Waals surface area contributed by atoms with Crippen LogP contribution in [0.5, 0.6) is 17.2 Å². The van der Waals surface area contributed by atoms with E-state index in [0.29, 0.717) is 23.9 Å². The largest absolute Gasteiger partial charge is 0.493 e. The third-order valence-electron chi connectivity index (χ3n) is 4.94. The van der Waals surface area contributed by atoms with Crippen LogP contribution in [0.25, 0.3) is 10.8 Å². The summed E-state index contributed by atoms with van der Waals surface area (Å²) in [6.07, 6.45) is 6.15. The van der Waals surface area contributed by atoms with Gasteiger partial charge < -0.3 is 14.2 Å². The molecule has 1 amide bonds. The summed E-state index contributed by atoms with van der Waals surface area (Å²) in [5.41, 5.74) is 3.27. The average molecular weight is 435 g/mol. The minimum absolute atomic E-state index is 0.121. The lowest BCUT2D eigenvalue weighted by molar-refractivity contribution is -0.123. The number of fused-ring (bicyclic) bond motifs is 1. The Kier molecular flexibility index (Phi) is 8.92. The van der Waals surface area contributed by atoms with Gasteiger partial charge in [0.25, 0.3) is 5.91 Å². The van der Waals surface area contributed by atoms with Crippen molar-refractivity contribution in [2.24, 2.45) is 5.10 Å². The number of carbonyl (C=O) groups excluding carboxylic acids is 1. The Morgan fingerprint density at radius 2 is 1.78 bits per heavy atom. The summed E-state index contributed by atoms with van der Waals surface area (Å²) in [6, 6.07) is 19.2. The molecule has 0 bridgehead atoms. The van der Waals surface area contributed by atoms with E-state index in [1.807, 2.05) is 60.7 Å². The number of hydrogen-bond acceptors (Lipinski definition) is 5. The minimum Gasteiger partial charge on any atom is -0.493 e. The van der Waals surface area contributed by atoms with Crippen LogP contribution in [0.1, 0.15) is 38.2 Å². The van der Waals surface area contributed by atoms with Gasteiger partial charge in [-0.2, -0.15) is 5.10 Å². The molecule has 32 heavy (non-hydrogen) atoms. The van der Waals surface area contributed by atoms with Gasteiger partial charge in [0.2, 0.25) is 0 Å². The molecule has 0 aliphatic heterocycles. The molecule has 0 atom stereocenters. The first-order valence-electron chi connectivity index (χ1n) is 10.9. The first-order valence-corrected chi connectivity index (χ1v) is 10.9. The molecule has 0 saturated heterocycles. The number of ether oxygens (including phenoxy) is 3. The molecule has 0 spiro atoms. The fourth-order valence-corrected chi connectivity index (χ4v) is 3.21. The summed E-state index contributed by atoms with van der Waals surface area (Å²) in [7, 11) is 1.60. The quantitative estimate of drug-likeness (QED) is 0.237. The van der Waals surface area contributed by atoms with Crippen LogP contribution >= 0.6 is 0 Å². The highest BCUT2D eigenvalue weighted by Gasteiger charge is 2.06. The van der Waals surface area contributed by atoms with Crippen LogP contribution in [0.3, 0.4) is 0 Å². The van der Waals surface area contributed by atoms with E-state index < -0.39 is 0 Å².